The van der Waals surface area contributed by atoms with Crippen molar-refractivity contribution in [3.63, 3.8) is 0 Å². The molecule has 5 rings (SSSR count). The maximum absolute atomic E-state index is 13.2. The summed E-state index contributed by atoms with van der Waals surface area (Å²) in [5, 5.41) is 31.0. The number of carbonyl (C=O) groups is 2. The van der Waals surface area contributed by atoms with Crippen LogP contribution in [-0.2, 0) is 24.2 Å². The Kier molecular flexibility index (Phi) is 8.53. The van der Waals surface area contributed by atoms with E-state index in [4.69, 9.17) is 0 Å². The molecule has 0 aliphatic heterocycles. The van der Waals surface area contributed by atoms with Gasteiger partial charge in [-0.1, -0.05) is 74.0 Å². The first-order chi connectivity index (χ1) is 20.0. The van der Waals surface area contributed by atoms with Gasteiger partial charge in [0.05, 0.1) is 18.7 Å². The number of carboxylic acid groups (broad SMARTS) is 1. The lowest BCUT2D eigenvalue weighted by atomic mass is 10.0. The van der Waals surface area contributed by atoms with Gasteiger partial charge in [0.15, 0.2) is 5.82 Å². The van der Waals surface area contributed by atoms with E-state index in [9.17, 15) is 14.7 Å². The first kappa shape index (κ1) is 27.4. The Bertz CT molecular complexity index is 1600. The van der Waals surface area contributed by atoms with Gasteiger partial charge in [-0.3, -0.25) is 19.3 Å². The van der Waals surface area contributed by atoms with Gasteiger partial charge in [-0.25, -0.2) is 5.10 Å². The number of tetrazole rings is 1. The highest BCUT2D eigenvalue weighted by Gasteiger charge is 2.21. The lowest BCUT2D eigenvalue weighted by Crippen LogP contribution is -2.38. The lowest BCUT2D eigenvalue weighted by molar-refractivity contribution is -0.137. The van der Waals surface area contributed by atoms with Crippen LogP contribution in [0.4, 0.5) is 0 Å². The fourth-order valence-electron chi connectivity index (χ4n) is 4.74. The molecule has 208 valence electrons. The summed E-state index contributed by atoms with van der Waals surface area (Å²) in [6.07, 6.45) is 3.65. The molecular formula is C30H30N8O3. The summed E-state index contributed by atoms with van der Waals surface area (Å²) in [4.78, 5) is 29.3. The van der Waals surface area contributed by atoms with Gasteiger partial charge in [-0.05, 0) is 46.5 Å². The highest BCUT2D eigenvalue weighted by atomic mass is 16.4. The second kappa shape index (κ2) is 12.8. The number of H-pyrrole nitrogens is 1. The molecular weight excluding hydrogens is 520 g/mol. The molecule has 3 heterocycles. The molecule has 0 spiro atoms. The Balaban J connectivity index is 1.33. The molecule has 0 radical (unpaired) electrons. The first-order valence-corrected chi connectivity index (χ1v) is 13.4. The van der Waals surface area contributed by atoms with Crippen molar-refractivity contribution in [1.82, 2.24) is 40.7 Å². The van der Waals surface area contributed by atoms with Crippen LogP contribution in [0.2, 0.25) is 0 Å². The summed E-state index contributed by atoms with van der Waals surface area (Å²) in [6.45, 7) is 2.50. The van der Waals surface area contributed by atoms with Crippen LogP contribution in [0.1, 0.15) is 47.1 Å². The average Bonchev–Trinajstić information content (AvgIpc) is 3.65. The van der Waals surface area contributed by atoms with Gasteiger partial charge in [0.25, 0.3) is 5.91 Å². The number of aryl methyl sites for hydroxylation is 1. The van der Waals surface area contributed by atoms with Crippen molar-refractivity contribution in [2.75, 3.05) is 0 Å². The molecule has 11 nitrogen and oxygen atoms in total. The number of benzene rings is 2. The van der Waals surface area contributed by atoms with E-state index in [-0.39, 0.29) is 12.1 Å². The van der Waals surface area contributed by atoms with Crippen LogP contribution >= 0.6 is 0 Å². The molecule has 1 atom stereocenters. The summed E-state index contributed by atoms with van der Waals surface area (Å²) >= 11 is 0. The quantitative estimate of drug-likeness (QED) is 0.211. The van der Waals surface area contributed by atoms with E-state index >= 15 is 0 Å². The molecule has 0 aliphatic carbocycles. The number of rotatable bonds is 12. The second-order valence-corrected chi connectivity index (χ2v) is 9.73. The maximum Gasteiger partial charge on any atom is 0.305 e. The molecule has 0 unspecified atom stereocenters. The van der Waals surface area contributed by atoms with Crippen molar-refractivity contribution in [2.24, 2.45) is 0 Å². The minimum absolute atomic E-state index is 0.183. The van der Waals surface area contributed by atoms with E-state index in [1.54, 1.807) is 12.3 Å². The standard InChI is InChI=1S/C30H30N8O3/c1-2-8-23-17-27(30(41)32-22(16-28(39)40)15-20-9-4-3-5-10-20)35-38(23)19-21-13-14-26(31-18-21)24-11-6-7-12-25(24)29-33-36-37-34-29/h3-7,9-14,17-18,22H,2,8,15-16,19H2,1H3,(H,32,41)(H,39,40)(H,33,34,36,37)/t22-/m1/s1. The number of nitrogens with one attached hydrogen (secondary N) is 2. The zero-order valence-electron chi connectivity index (χ0n) is 22.6. The molecule has 41 heavy (non-hydrogen) atoms. The first-order valence-electron chi connectivity index (χ1n) is 13.4. The highest BCUT2D eigenvalue weighted by molar-refractivity contribution is 5.93. The second-order valence-electron chi connectivity index (χ2n) is 9.73. The Morgan fingerprint density at radius 3 is 2.46 bits per heavy atom. The third kappa shape index (κ3) is 6.88. The molecule has 5 aromatic rings. The summed E-state index contributed by atoms with van der Waals surface area (Å²) in [6, 6.07) is 22.4. The fourth-order valence-corrected chi connectivity index (χ4v) is 4.74. The van der Waals surface area contributed by atoms with Crippen molar-refractivity contribution in [3.05, 3.63) is 102 Å². The number of hydrogen-bond donors (Lipinski definition) is 3. The molecule has 0 saturated heterocycles. The van der Waals surface area contributed by atoms with Crippen LogP contribution < -0.4 is 5.32 Å². The predicted molar refractivity (Wildman–Crippen MR) is 152 cm³/mol. The van der Waals surface area contributed by atoms with Gasteiger partial charge in [0.1, 0.15) is 5.69 Å². The summed E-state index contributed by atoms with van der Waals surface area (Å²) in [7, 11) is 0. The molecule has 1 amide bonds. The molecule has 0 fully saturated rings. The highest BCUT2D eigenvalue weighted by Crippen LogP contribution is 2.28. The van der Waals surface area contributed by atoms with E-state index in [2.05, 4.69) is 42.9 Å². The van der Waals surface area contributed by atoms with Crippen LogP contribution in [0.15, 0.2) is 79.0 Å². The van der Waals surface area contributed by atoms with Gasteiger partial charge in [-0.2, -0.15) is 5.10 Å². The van der Waals surface area contributed by atoms with Gasteiger partial charge in [0.2, 0.25) is 0 Å². The number of amides is 1. The van der Waals surface area contributed by atoms with Crippen molar-refractivity contribution in [3.8, 4) is 22.6 Å². The normalized spacial score (nSPS) is 11.7. The van der Waals surface area contributed by atoms with Gasteiger partial charge in [0, 0.05) is 29.1 Å². The summed E-state index contributed by atoms with van der Waals surface area (Å²) in [5.41, 5.74) is 5.57. The van der Waals surface area contributed by atoms with Crippen LogP contribution in [-0.4, -0.2) is 58.4 Å². The molecule has 0 bridgehead atoms. The molecule has 2 aromatic carbocycles. The minimum atomic E-state index is -0.973. The Labute approximate surface area is 236 Å². The lowest BCUT2D eigenvalue weighted by Gasteiger charge is -2.16. The van der Waals surface area contributed by atoms with Crippen LogP contribution in [0, 0.1) is 0 Å². The monoisotopic (exact) mass is 550 g/mol. The van der Waals surface area contributed by atoms with E-state index in [0.717, 1.165) is 46.5 Å². The number of carbonyl (C=O) groups excluding carboxylic acids is 1. The number of aromatic amines is 1. The van der Waals surface area contributed by atoms with Crippen LogP contribution in [0.5, 0.6) is 0 Å². The van der Waals surface area contributed by atoms with Crippen molar-refractivity contribution >= 4 is 11.9 Å². The summed E-state index contributed by atoms with van der Waals surface area (Å²) < 4.78 is 1.81. The van der Waals surface area contributed by atoms with E-state index in [1.807, 2.05) is 71.4 Å². The van der Waals surface area contributed by atoms with Crippen LogP contribution in [0.25, 0.3) is 22.6 Å². The maximum atomic E-state index is 13.2. The predicted octanol–water partition coefficient (Wildman–Crippen LogP) is 3.94. The van der Waals surface area contributed by atoms with E-state index < -0.39 is 17.9 Å². The van der Waals surface area contributed by atoms with Gasteiger partial charge in [-0.15, -0.1) is 5.10 Å². The zero-order valence-corrected chi connectivity index (χ0v) is 22.6. The molecule has 11 heteroatoms. The van der Waals surface area contributed by atoms with Crippen molar-refractivity contribution in [1.29, 1.82) is 0 Å². The zero-order chi connectivity index (χ0) is 28.6. The largest absolute Gasteiger partial charge is 0.481 e. The Hall–Kier alpha value is -5.19. The third-order valence-corrected chi connectivity index (χ3v) is 6.64. The van der Waals surface area contributed by atoms with E-state index in [0.29, 0.717) is 18.8 Å². The van der Waals surface area contributed by atoms with Crippen molar-refractivity contribution in [2.45, 2.75) is 45.2 Å². The number of nitrogens with zero attached hydrogens (tertiary/aromatic N) is 6. The number of pyridine rings is 1. The van der Waals surface area contributed by atoms with E-state index in [1.165, 1.54) is 0 Å². The Morgan fingerprint density at radius 2 is 1.78 bits per heavy atom. The van der Waals surface area contributed by atoms with Gasteiger partial charge < -0.3 is 10.4 Å². The third-order valence-electron chi connectivity index (χ3n) is 6.64. The van der Waals surface area contributed by atoms with Crippen molar-refractivity contribution < 1.29 is 14.7 Å². The molecule has 0 aliphatic rings. The Morgan fingerprint density at radius 1 is 1.00 bits per heavy atom. The number of hydrogen-bond acceptors (Lipinski definition) is 7. The smallest absolute Gasteiger partial charge is 0.305 e. The molecule has 3 aromatic heterocycles. The SMILES string of the molecule is CCCc1cc(C(=O)N[C@@H](CC(=O)O)Cc2ccccc2)nn1Cc1ccc(-c2ccccc2-c2nnn[nH]2)nc1. The summed E-state index contributed by atoms with van der Waals surface area (Å²) in [5.74, 6) is -0.804. The minimum Gasteiger partial charge on any atom is -0.481 e. The molecule has 3 N–H and O–H groups in total. The topological polar surface area (TPSA) is 152 Å². The average molecular weight is 551 g/mol. The molecule has 0 saturated carbocycles. The van der Waals surface area contributed by atoms with Gasteiger partial charge >= 0.3 is 5.97 Å². The fraction of sp³-hybridized carbons (Fsp3) is 0.233. The van der Waals surface area contributed by atoms with Crippen LogP contribution in [0.3, 0.4) is 0 Å². The number of carboxylic acids is 1. The number of aromatic nitrogens is 7. The number of aliphatic carboxylic acids is 1.